The number of rotatable bonds is 4. The summed E-state index contributed by atoms with van der Waals surface area (Å²) in [6.45, 7) is 3.70. The van der Waals surface area contributed by atoms with Crippen LogP contribution < -0.4 is 10.2 Å². The summed E-state index contributed by atoms with van der Waals surface area (Å²) in [7, 11) is 0. The minimum absolute atomic E-state index is 0.183. The predicted octanol–water partition coefficient (Wildman–Crippen LogP) is 3.52. The van der Waals surface area contributed by atoms with Crippen molar-refractivity contribution in [3.05, 3.63) is 95.1 Å². The van der Waals surface area contributed by atoms with E-state index in [1.165, 1.54) is 4.90 Å². The highest BCUT2D eigenvalue weighted by Gasteiger charge is 2.51. The molecule has 3 aromatic carbocycles. The second kappa shape index (κ2) is 7.18. The quantitative estimate of drug-likeness (QED) is 0.721. The number of hydrogen-bond acceptors (Lipinski definition) is 3. The van der Waals surface area contributed by atoms with Gasteiger partial charge in [-0.25, -0.2) is 0 Å². The molecule has 1 unspecified atom stereocenters. The number of para-hydroxylation sites is 1. The summed E-state index contributed by atoms with van der Waals surface area (Å²) in [5.41, 5.74) is 2.43. The lowest BCUT2D eigenvalue weighted by Gasteiger charge is -2.23. The number of carbonyl (C=O) groups is 2. The minimum atomic E-state index is -1.81. The van der Waals surface area contributed by atoms with E-state index in [1.807, 2.05) is 44.2 Å². The van der Waals surface area contributed by atoms with E-state index >= 15 is 0 Å². The van der Waals surface area contributed by atoms with Crippen LogP contribution in [0.2, 0.25) is 0 Å². The van der Waals surface area contributed by atoms with E-state index < -0.39 is 11.5 Å². The third kappa shape index (κ3) is 3.30. The Bertz CT molecular complexity index is 1090. The van der Waals surface area contributed by atoms with Crippen molar-refractivity contribution in [1.29, 1.82) is 0 Å². The Labute approximate surface area is 169 Å². The maximum Gasteiger partial charge on any atom is 0.268 e. The van der Waals surface area contributed by atoms with Gasteiger partial charge in [-0.3, -0.25) is 14.5 Å². The van der Waals surface area contributed by atoms with Gasteiger partial charge in [0.15, 0.2) is 5.60 Å². The molecule has 0 saturated heterocycles. The monoisotopic (exact) mass is 386 g/mol. The van der Waals surface area contributed by atoms with E-state index in [2.05, 4.69) is 5.32 Å². The van der Waals surface area contributed by atoms with Gasteiger partial charge in [-0.1, -0.05) is 60.2 Å². The van der Waals surface area contributed by atoms with Crippen LogP contribution in [0.5, 0.6) is 0 Å². The number of fused-ring (bicyclic) bond motifs is 1. The molecule has 0 aromatic heterocycles. The second-order valence-electron chi connectivity index (χ2n) is 7.40. The van der Waals surface area contributed by atoms with Crippen molar-refractivity contribution in [3.63, 3.8) is 0 Å². The summed E-state index contributed by atoms with van der Waals surface area (Å²) in [6, 6.07) is 21.7. The molecule has 0 radical (unpaired) electrons. The molecule has 1 aliphatic rings. The van der Waals surface area contributed by atoms with Gasteiger partial charge in [-0.05, 0) is 43.2 Å². The second-order valence-corrected chi connectivity index (χ2v) is 7.40. The van der Waals surface area contributed by atoms with Crippen LogP contribution in [0.3, 0.4) is 0 Å². The topological polar surface area (TPSA) is 69.6 Å². The number of benzene rings is 3. The van der Waals surface area contributed by atoms with Crippen LogP contribution >= 0.6 is 0 Å². The lowest BCUT2D eigenvalue weighted by molar-refractivity contribution is -0.133. The van der Waals surface area contributed by atoms with Gasteiger partial charge in [0, 0.05) is 11.3 Å². The van der Waals surface area contributed by atoms with Gasteiger partial charge in [0.25, 0.3) is 5.91 Å². The largest absolute Gasteiger partial charge is 0.372 e. The Morgan fingerprint density at radius 2 is 1.69 bits per heavy atom. The van der Waals surface area contributed by atoms with Gasteiger partial charge in [-0.15, -0.1) is 0 Å². The summed E-state index contributed by atoms with van der Waals surface area (Å²) in [5.74, 6) is -0.853. The van der Waals surface area contributed by atoms with E-state index in [9.17, 15) is 14.7 Å². The summed E-state index contributed by atoms with van der Waals surface area (Å²) in [5, 5.41) is 14.3. The van der Waals surface area contributed by atoms with Crippen molar-refractivity contribution < 1.29 is 14.7 Å². The number of hydrogen-bond donors (Lipinski definition) is 2. The Kier molecular flexibility index (Phi) is 4.68. The van der Waals surface area contributed by atoms with Crippen molar-refractivity contribution in [2.75, 3.05) is 16.8 Å². The molecule has 0 fully saturated rings. The van der Waals surface area contributed by atoms with Gasteiger partial charge in [0.05, 0.1) is 5.69 Å². The third-order valence-corrected chi connectivity index (χ3v) is 5.21. The molecular formula is C24H22N2O3. The molecule has 0 spiro atoms. The summed E-state index contributed by atoms with van der Waals surface area (Å²) in [4.78, 5) is 27.3. The van der Waals surface area contributed by atoms with Crippen molar-refractivity contribution in [1.82, 2.24) is 0 Å². The lowest BCUT2D eigenvalue weighted by atomic mass is 9.87. The van der Waals surface area contributed by atoms with E-state index in [-0.39, 0.29) is 12.5 Å². The van der Waals surface area contributed by atoms with Crippen molar-refractivity contribution in [2.24, 2.45) is 0 Å². The molecule has 29 heavy (non-hydrogen) atoms. The highest BCUT2D eigenvalue weighted by Crippen LogP contribution is 2.44. The fourth-order valence-corrected chi connectivity index (χ4v) is 3.73. The molecule has 3 aromatic rings. The number of aliphatic hydroxyl groups is 1. The van der Waals surface area contributed by atoms with Gasteiger partial charge in [-0.2, -0.15) is 0 Å². The molecule has 146 valence electrons. The first kappa shape index (κ1) is 18.9. The predicted molar refractivity (Wildman–Crippen MR) is 113 cm³/mol. The normalized spacial score (nSPS) is 17.9. The van der Waals surface area contributed by atoms with Crippen LogP contribution in [-0.2, 0) is 15.2 Å². The number of carbonyl (C=O) groups excluding carboxylic acids is 2. The van der Waals surface area contributed by atoms with Gasteiger partial charge in [0.1, 0.15) is 6.54 Å². The lowest BCUT2D eigenvalue weighted by Crippen LogP contribution is -2.44. The number of nitrogens with zero attached hydrogens (tertiary/aromatic N) is 1. The molecule has 2 amide bonds. The van der Waals surface area contributed by atoms with Gasteiger partial charge in [0.2, 0.25) is 5.91 Å². The fraction of sp³-hybridized carbons (Fsp3) is 0.167. The molecule has 5 nitrogen and oxygen atoms in total. The van der Waals surface area contributed by atoms with Gasteiger partial charge < -0.3 is 10.4 Å². The molecule has 0 saturated carbocycles. The van der Waals surface area contributed by atoms with Crippen molar-refractivity contribution in [2.45, 2.75) is 19.4 Å². The fourth-order valence-electron chi connectivity index (χ4n) is 3.73. The molecule has 4 rings (SSSR count). The summed E-state index contributed by atoms with van der Waals surface area (Å²) < 4.78 is 0. The van der Waals surface area contributed by atoms with E-state index in [0.29, 0.717) is 22.5 Å². The van der Waals surface area contributed by atoms with E-state index in [1.54, 1.807) is 42.5 Å². The zero-order chi connectivity index (χ0) is 20.6. The maximum atomic E-state index is 13.3. The van der Waals surface area contributed by atoms with E-state index in [4.69, 9.17) is 0 Å². The van der Waals surface area contributed by atoms with Crippen molar-refractivity contribution in [3.8, 4) is 0 Å². The summed E-state index contributed by atoms with van der Waals surface area (Å²) >= 11 is 0. The highest BCUT2D eigenvalue weighted by molar-refractivity contribution is 6.12. The van der Waals surface area contributed by atoms with Crippen molar-refractivity contribution >= 4 is 23.2 Å². The first-order valence-electron chi connectivity index (χ1n) is 9.47. The Morgan fingerprint density at radius 1 is 0.966 bits per heavy atom. The highest BCUT2D eigenvalue weighted by atomic mass is 16.3. The van der Waals surface area contributed by atoms with Crippen LogP contribution in [0.4, 0.5) is 11.4 Å². The molecule has 5 heteroatoms. The Morgan fingerprint density at radius 3 is 2.41 bits per heavy atom. The standard InChI is InChI=1S/C24H22N2O3/c1-16-10-12-18(13-11-16)24(29)20-8-3-4-9-21(20)26(23(24)28)15-22(27)25-19-7-5-6-17(2)14-19/h3-14,29H,15H2,1-2H3,(H,25,27). The van der Waals surface area contributed by atoms with Crippen LogP contribution in [0.15, 0.2) is 72.8 Å². The third-order valence-electron chi connectivity index (χ3n) is 5.21. The molecule has 1 atom stereocenters. The molecule has 2 N–H and O–H groups in total. The SMILES string of the molecule is Cc1ccc(C2(O)C(=O)N(CC(=O)Nc3cccc(C)c3)c3ccccc32)cc1. The maximum absolute atomic E-state index is 13.3. The number of amides is 2. The number of anilines is 2. The van der Waals surface area contributed by atoms with Crippen LogP contribution in [0.1, 0.15) is 22.3 Å². The van der Waals surface area contributed by atoms with Crippen LogP contribution in [0, 0.1) is 13.8 Å². The number of nitrogens with one attached hydrogen (secondary N) is 1. The zero-order valence-corrected chi connectivity index (χ0v) is 16.3. The first-order chi connectivity index (χ1) is 13.9. The molecular weight excluding hydrogens is 364 g/mol. The van der Waals surface area contributed by atoms with Gasteiger partial charge >= 0.3 is 0 Å². The average Bonchev–Trinajstić information content (AvgIpc) is 2.91. The minimum Gasteiger partial charge on any atom is -0.372 e. The smallest absolute Gasteiger partial charge is 0.268 e. The Hall–Kier alpha value is -3.44. The molecule has 0 bridgehead atoms. The van der Waals surface area contributed by atoms with Crippen LogP contribution in [-0.4, -0.2) is 23.5 Å². The van der Waals surface area contributed by atoms with Crippen LogP contribution in [0.25, 0.3) is 0 Å². The molecule has 1 heterocycles. The average molecular weight is 386 g/mol. The molecule has 0 aliphatic carbocycles. The summed E-state index contributed by atoms with van der Waals surface area (Å²) in [6.07, 6.45) is 0. The Balaban J connectivity index is 1.66. The first-order valence-corrected chi connectivity index (χ1v) is 9.47. The number of aryl methyl sites for hydroxylation is 2. The molecule has 1 aliphatic heterocycles. The van der Waals surface area contributed by atoms with E-state index in [0.717, 1.165) is 11.1 Å². The zero-order valence-electron chi connectivity index (χ0n) is 16.3.